The zero-order valence-electron chi connectivity index (χ0n) is 18.7. The van der Waals surface area contributed by atoms with Gasteiger partial charge in [0, 0.05) is 23.6 Å². The molecule has 0 spiro atoms. The Balaban J connectivity index is 1.57. The Hall–Kier alpha value is -4.04. The van der Waals surface area contributed by atoms with Crippen LogP contribution in [0.3, 0.4) is 0 Å². The minimum Gasteiger partial charge on any atom is -0.322 e. The van der Waals surface area contributed by atoms with Gasteiger partial charge in [-0.05, 0) is 60.2 Å². The van der Waals surface area contributed by atoms with Crippen molar-refractivity contribution in [3.63, 3.8) is 0 Å². The zero-order valence-corrected chi connectivity index (χ0v) is 18.7. The molecule has 4 rings (SSSR count). The van der Waals surface area contributed by atoms with E-state index in [1.807, 2.05) is 66.2 Å². The van der Waals surface area contributed by atoms with Crippen molar-refractivity contribution >= 4 is 5.57 Å². The van der Waals surface area contributed by atoms with Crippen LogP contribution in [0.4, 0.5) is 13.2 Å². The molecule has 0 bridgehead atoms. The summed E-state index contributed by atoms with van der Waals surface area (Å²) in [5.74, 6) is 0. The van der Waals surface area contributed by atoms with Crippen molar-refractivity contribution in [1.82, 2.24) is 4.57 Å². The molecule has 0 aliphatic heterocycles. The Labute approximate surface area is 197 Å². The molecule has 2 nitrogen and oxygen atoms in total. The van der Waals surface area contributed by atoms with Crippen molar-refractivity contribution in [1.29, 1.82) is 5.26 Å². The monoisotopic (exact) mass is 456 g/mol. The van der Waals surface area contributed by atoms with Crippen molar-refractivity contribution in [3.05, 3.63) is 120 Å². The lowest BCUT2D eigenvalue weighted by Crippen LogP contribution is -2.05. The second-order valence-corrected chi connectivity index (χ2v) is 8.33. The minimum absolute atomic E-state index is 0.495. The molecule has 170 valence electrons. The van der Waals surface area contributed by atoms with E-state index in [0.717, 1.165) is 39.6 Å². The molecule has 0 N–H and O–H groups in total. The predicted octanol–water partition coefficient (Wildman–Crippen LogP) is 7.85. The summed E-state index contributed by atoms with van der Waals surface area (Å²) in [5.41, 5.74) is 6.26. The molecule has 4 aromatic rings. The van der Waals surface area contributed by atoms with E-state index in [1.54, 1.807) is 12.3 Å². The highest BCUT2D eigenvalue weighted by molar-refractivity contribution is 5.71. The second kappa shape index (κ2) is 9.44. The van der Waals surface area contributed by atoms with Gasteiger partial charge in [-0.25, -0.2) is 0 Å². The van der Waals surface area contributed by atoms with Crippen LogP contribution in [0.15, 0.2) is 91.8 Å². The van der Waals surface area contributed by atoms with Crippen LogP contribution in [0.25, 0.3) is 22.4 Å². The van der Waals surface area contributed by atoms with Gasteiger partial charge in [0.25, 0.3) is 0 Å². The van der Waals surface area contributed by atoms with Crippen LogP contribution in [-0.2, 0) is 19.0 Å². The third-order valence-corrected chi connectivity index (χ3v) is 5.80. The number of hydrogen-bond acceptors (Lipinski definition) is 1. The van der Waals surface area contributed by atoms with E-state index in [0.29, 0.717) is 24.0 Å². The van der Waals surface area contributed by atoms with E-state index in [4.69, 9.17) is 0 Å². The summed E-state index contributed by atoms with van der Waals surface area (Å²) in [7, 11) is 0. The summed E-state index contributed by atoms with van der Waals surface area (Å²) in [6.45, 7) is 5.91. The third-order valence-electron chi connectivity index (χ3n) is 5.80. The Morgan fingerprint density at radius 2 is 1.56 bits per heavy atom. The van der Waals surface area contributed by atoms with Crippen molar-refractivity contribution in [2.24, 2.45) is 0 Å². The van der Waals surface area contributed by atoms with Gasteiger partial charge in [0.15, 0.2) is 0 Å². The highest BCUT2D eigenvalue weighted by atomic mass is 19.4. The number of aromatic nitrogens is 1. The summed E-state index contributed by atoms with van der Waals surface area (Å²) >= 11 is 0. The van der Waals surface area contributed by atoms with E-state index >= 15 is 0 Å². The van der Waals surface area contributed by atoms with E-state index < -0.39 is 11.7 Å². The molecule has 0 radical (unpaired) electrons. The standard InChI is InChI=1S/C29H23F3N2/c1-20(2)23-11-13-27(14-12-23)34-18-25(17-33)28(19-34)24-7-3-5-21(15-24)9-10-22-6-4-8-26(16-22)29(30,31)32/h3-8,11-16,18-19H,1,9-10H2,2H3. The smallest absolute Gasteiger partial charge is 0.322 e. The molecule has 1 aromatic heterocycles. The van der Waals surface area contributed by atoms with Gasteiger partial charge in [-0.1, -0.05) is 66.7 Å². The summed E-state index contributed by atoms with van der Waals surface area (Å²) < 4.78 is 40.9. The maximum atomic E-state index is 13.0. The fourth-order valence-electron chi connectivity index (χ4n) is 3.93. The van der Waals surface area contributed by atoms with E-state index in [9.17, 15) is 18.4 Å². The lowest BCUT2D eigenvalue weighted by atomic mass is 9.98. The zero-order chi connectivity index (χ0) is 24.3. The SMILES string of the molecule is C=C(C)c1ccc(-n2cc(C#N)c(-c3cccc(CCc4cccc(C(F)(F)F)c4)c3)c2)cc1. The molecule has 0 saturated heterocycles. The average molecular weight is 457 g/mol. The molecule has 5 heteroatoms. The fourth-order valence-corrected chi connectivity index (χ4v) is 3.93. The molecule has 0 aliphatic rings. The van der Waals surface area contributed by atoms with Gasteiger partial charge < -0.3 is 4.57 Å². The van der Waals surface area contributed by atoms with Crippen LogP contribution in [-0.4, -0.2) is 4.57 Å². The molecule has 0 aliphatic carbocycles. The Kier molecular flexibility index (Phi) is 6.43. The number of rotatable bonds is 6. The average Bonchev–Trinajstić information content (AvgIpc) is 3.27. The fraction of sp³-hybridized carbons (Fsp3) is 0.138. The predicted molar refractivity (Wildman–Crippen MR) is 129 cm³/mol. The van der Waals surface area contributed by atoms with Crippen LogP contribution in [0.1, 0.15) is 34.7 Å². The maximum absolute atomic E-state index is 13.0. The summed E-state index contributed by atoms with van der Waals surface area (Å²) in [6.07, 6.45) is 0.483. The molecular formula is C29H23F3N2. The summed E-state index contributed by atoms with van der Waals surface area (Å²) in [5, 5.41) is 9.70. The van der Waals surface area contributed by atoms with Gasteiger partial charge in [-0.3, -0.25) is 0 Å². The van der Waals surface area contributed by atoms with Crippen molar-refractivity contribution in [2.75, 3.05) is 0 Å². The topological polar surface area (TPSA) is 28.7 Å². The molecule has 0 fully saturated rings. The van der Waals surface area contributed by atoms with E-state index in [1.165, 1.54) is 12.1 Å². The van der Waals surface area contributed by atoms with Gasteiger partial charge >= 0.3 is 6.18 Å². The first-order valence-corrected chi connectivity index (χ1v) is 10.9. The molecule has 0 saturated carbocycles. The number of nitrogens with zero attached hydrogens (tertiary/aromatic N) is 2. The highest BCUT2D eigenvalue weighted by Crippen LogP contribution is 2.30. The van der Waals surface area contributed by atoms with Crippen LogP contribution in [0.5, 0.6) is 0 Å². The molecule has 34 heavy (non-hydrogen) atoms. The number of hydrogen-bond donors (Lipinski definition) is 0. The van der Waals surface area contributed by atoms with Crippen LogP contribution < -0.4 is 0 Å². The number of halogens is 3. The van der Waals surface area contributed by atoms with Gasteiger partial charge in [-0.2, -0.15) is 18.4 Å². The normalized spacial score (nSPS) is 11.3. The Morgan fingerprint density at radius 1 is 0.912 bits per heavy atom. The first kappa shape index (κ1) is 23.1. The summed E-state index contributed by atoms with van der Waals surface area (Å²) in [6, 6.07) is 23.5. The molecule has 0 unspecified atom stereocenters. The number of nitriles is 1. The summed E-state index contributed by atoms with van der Waals surface area (Å²) in [4.78, 5) is 0. The lowest BCUT2D eigenvalue weighted by molar-refractivity contribution is -0.137. The Morgan fingerprint density at radius 3 is 2.18 bits per heavy atom. The highest BCUT2D eigenvalue weighted by Gasteiger charge is 2.30. The van der Waals surface area contributed by atoms with Gasteiger partial charge in [0.05, 0.1) is 11.1 Å². The first-order valence-electron chi connectivity index (χ1n) is 10.9. The maximum Gasteiger partial charge on any atom is 0.416 e. The number of benzene rings is 3. The molecule has 0 amide bonds. The van der Waals surface area contributed by atoms with Crippen molar-refractivity contribution in [2.45, 2.75) is 25.9 Å². The number of alkyl halides is 3. The van der Waals surface area contributed by atoms with E-state index in [-0.39, 0.29) is 0 Å². The van der Waals surface area contributed by atoms with Crippen LogP contribution in [0, 0.1) is 11.3 Å². The van der Waals surface area contributed by atoms with Crippen LogP contribution >= 0.6 is 0 Å². The molecular weight excluding hydrogens is 433 g/mol. The van der Waals surface area contributed by atoms with Gasteiger partial charge in [0.1, 0.15) is 6.07 Å². The van der Waals surface area contributed by atoms with Crippen molar-refractivity contribution in [3.8, 4) is 22.9 Å². The first-order chi connectivity index (χ1) is 16.2. The quantitative estimate of drug-likeness (QED) is 0.290. The number of aryl methyl sites for hydroxylation is 2. The second-order valence-electron chi connectivity index (χ2n) is 8.33. The van der Waals surface area contributed by atoms with Gasteiger partial charge in [0.2, 0.25) is 0 Å². The largest absolute Gasteiger partial charge is 0.416 e. The molecule has 0 atom stereocenters. The molecule has 1 heterocycles. The molecule has 3 aromatic carbocycles. The van der Waals surface area contributed by atoms with Gasteiger partial charge in [-0.15, -0.1) is 0 Å². The lowest BCUT2D eigenvalue weighted by Gasteiger charge is -2.09. The third kappa shape index (κ3) is 5.13. The van der Waals surface area contributed by atoms with Crippen LogP contribution in [0.2, 0.25) is 0 Å². The Bertz CT molecular complexity index is 1370. The van der Waals surface area contributed by atoms with Crippen molar-refractivity contribution < 1.29 is 13.2 Å². The minimum atomic E-state index is -4.35. The van der Waals surface area contributed by atoms with E-state index in [2.05, 4.69) is 12.6 Å². The number of allylic oxidation sites excluding steroid dienone is 1.